The van der Waals surface area contributed by atoms with E-state index < -0.39 is 28.5 Å². The molecule has 3 aromatic rings. The van der Waals surface area contributed by atoms with Crippen LogP contribution < -0.4 is 19.1 Å². The number of carbonyl (C=O) groups is 2. The van der Waals surface area contributed by atoms with E-state index in [1.54, 1.807) is 12.1 Å². The van der Waals surface area contributed by atoms with Gasteiger partial charge in [0.15, 0.2) is 11.5 Å². The molecule has 0 aliphatic rings. The molecule has 1 N–H and O–H groups in total. The van der Waals surface area contributed by atoms with Crippen molar-refractivity contribution in [1.82, 2.24) is 10.2 Å². The predicted octanol–water partition coefficient (Wildman–Crippen LogP) is 4.33. The second-order valence-corrected chi connectivity index (χ2v) is 12.2. The number of carbonyl (C=O) groups excluding carboxylic acids is 2. The molecule has 3 rings (SSSR count). The third-order valence-corrected chi connectivity index (χ3v) is 8.35. The molecule has 0 unspecified atom stereocenters. The summed E-state index contributed by atoms with van der Waals surface area (Å²) in [6, 6.07) is 20.8. The molecule has 0 bridgehead atoms. The lowest BCUT2D eigenvalue weighted by Crippen LogP contribution is -2.54. The molecule has 0 saturated heterocycles. The smallest absolute Gasteiger partial charge is 0.244 e. The van der Waals surface area contributed by atoms with Crippen LogP contribution in [-0.4, -0.2) is 64.2 Å². The maximum atomic E-state index is 14.2. The van der Waals surface area contributed by atoms with Gasteiger partial charge in [-0.15, -0.1) is 0 Å². The molecular formula is C32H41N3O6S. The zero-order valence-electron chi connectivity index (χ0n) is 25.2. The number of nitrogens with one attached hydrogen (secondary N) is 1. The van der Waals surface area contributed by atoms with Crippen LogP contribution in [0.5, 0.6) is 11.5 Å². The van der Waals surface area contributed by atoms with E-state index >= 15 is 0 Å². The molecule has 2 atom stereocenters. The van der Waals surface area contributed by atoms with Gasteiger partial charge in [-0.1, -0.05) is 61.5 Å². The van der Waals surface area contributed by atoms with E-state index in [0.29, 0.717) is 11.5 Å². The molecule has 0 aliphatic heterocycles. The van der Waals surface area contributed by atoms with E-state index in [4.69, 9.17) is 9.47 Å². The first-order valence-corrected chi connectivity index (χ1v) is 15.7. The molecule has 226 valence electrons. The van der Waals surface area contributed by atoms with Crippen LogP contribution in [0.4, 0.5) is 5.69 Å². The van der Waals surface area contributed by atoms with Gasteiger partial charge < -0.3 is 19.7 Å². The summed E-state index contributed by atoms with van der Waals surface area (Å²) in [6.45, 7) is 5.44. The van der Waals surface area contributed by atoms with Crippen molar-refractivity contribution in [2.45, 2.75) is 52.2 Å². The van der Waals surface area contributed by atoms with Crippen LogP contribution in [0, 0.1) is 6.92 Å². The Labute approximate surface area is 249 Å². The predicted molar refractivity (Wildman–Crippen MR) is 165 cm³/mol. The first-order valence-electron chi connectivity index (χ1n) is 13.9. The summed E-state index contributed by atoms with van der Waals surface area (Å²) in [4.78, 5) is 29.5. The molecule has 0 saturated carbocycles. The van der Waals surface area contributed by atoms with E-state index in [2.05, 4.69) is 5.32 Å². The zero-order valence-corrected chi connectivity index (χ0v) is 26.0. The van der Waals surface area contributed by atoms with Crippen LogP contribution in [0.3, 0.4) is 0 Å². The SMILES string of the molecule is CC[C@H](C)NC(=O)[C@H](Cc1ccccc1)N(Cc1ccccc1C)C(=O)CN(c1ccc(OC)c(OC)c1)S(C)(=O)=O. The van der Waals surface area contributed by atoms with Gasteiger partial charge in [-0.3, -0.25) is 13.9 Å². The Hall–Kier alpha value is -4.05. The number of methoxy groups -OCH3 is 2. The highest BCUT2D eigenvalue weighted by Crippen LogP contribution is 2.32. The number of aryl methyl sites for hydroxylation is 1. The van der Waals surface area contributed by atoms with Crippen molar-refractivity contribution in [2.24, 2.45) is 0 Å². The lowest BCUT2D eigenvalue weighted by atomic mass is 10.0. The van der Waals surface area contributed by atoms with Gasteiger partial charge in [0.25, 0.3) is 0 Å². The fourth-order valence-electron chi connectivity index (χ4n) is 4.56. The Kier molecular flexibility index (Phi) is 11.4. The average Bonchev–Trinajstić information content (AvgIpc) is 2.97. The number of ether oxygens (including phenoxy) is 2. The van der Waals surface area contributed by atoms with Gasteiger partial charge in [0.05, 0.1) is 26.2 Å². The van der Waals surface area contributed by atoms with Crippen molar-refractivity contribution in [1.29, 1.82) is 0 Å². The summed E-state index contributed by atoms with van der Waals surface area (Å²) >= 11 is 0. The molecule has 0 aromatic heterocycles. The Morgan fingerprint density at radius 2 is 1.57 bits per heavy atom. The highest BCUT2D eigenvalue weighted by atomic mass is 32.2. The van der Waals surface area contributed by atoms with E-state index in [9.17, 15) is 18.0 Å². The number of benzene rings is 3. The quantitative estimate of drug-likeness (QED) is 0.298. The highest BCUT2D eigenvalue weighted by molar-refractivity contribution is 7.92. The monoisotopic (exact) mass is 595 g/mol. The molecule has 2 amide bonds. The molecule has 0 spiro atoms. The molecule has 3 aromatic carbocycles. The van der Waals surface area contributed by atoms with E-state index in [0.717, 1.165) is 33.7 Å². The Bertz CT molecular complexity index is 1460. The Morgan fingerprint density at radius 3 is 2.17 bits per heavy atom. The van der Waals surface area contributed by atoms with Crippen LogP contribution in [0.1, 0.15) is 37.0 Å². The highest BCUT2D eigenvalue weighted by Gasteiger charge is 2.33. The molecule has 0 heterocycles. The lowest BCUT2D eigenvalue weighted by Gasteiger charge is -2.34. The van der Waals surface area contributed by atoms with Crippen molar-refractivity contribution in [3.05, 3.63) is 89.5 Å². The van der Waals surface area contributed by atoms with Crippen molar-refractivity contribution in [3.8, 4) is 11.5 Å². The fourth-order valence-corrected chi connectivity index (χ4v) is 5.40. The number of nitrogens with zero attached hydrogens (tertiary/aromatic N) is 2. The van der Waals surface area contributed by atoms with Gasteiger partial charge in [0, 0.05) is 25.1 Å². The minimum atomic E-state index is -3.91. The zero-order chi connectivity index (χ0) is 30.9. The molecular weight excluding hydrogens is 554 g/mol. The topological polar surface area (TPSA) is 105 Å². The maximum Gasteiger partial charge on any atom is 0.244 e. The summed E-state index contributed by atoms with van der Waals surface area (Å²) in [5, 5.41) is 3.03. The van der Waals surface area contributed by atoms with Crippen LogP contribution in [-0.2, 0) is 32.6 Å². The molecule has 42 heavy (non-hydrogen) atoms. The van der Waals surface area contributed by atoms with Crippen LogP contribution in [0.15, 0.2) is 72.8 Å². The molecule has 10 heteroatoms. The lowest BCUT2D eigenvalue weighted by molar-refractivity contribution is -0.140. The van der Waals surface area contributed by atoms with Crippen LogP contribution >= 0.6 is 0 Å². The largest absolute Gasteiger partial charge is 0.493 e. The number of anilines is 1. The van der Waals surface area contributed by atoms with Crippen molar-refractivity contribution in [3.63, 3.8) is 0 Å². The number of rotatable bonds is 14. The molecule has 0 radical (unpaired) electrons. The average molecular weight is 596 g/mol. The van der Waals surface area contributed by atoms with Crippen LogP contribution in [0.2, 0.25) is 0 Å². The summed E-state index contributed by atoms with van der Waals surface area (Å²) in [5.41, 5.74) is 2.93. The van der Waals surface area contributed by atoms with Gasteiger partial charge in [0.2, 0.25) is 21.8 Å². The molecule has 9 nitrogen and oxygen atoms in total. The Balaban J connectivity index is 2.09. The minimum absolute atomic E-state index is 0.106. The fraction of sp³-hybridized carbons (Fsp3) is 0.375. The summed E-state index contributed by atoms with van der Waals surface area (Å²) < 4.78 is 37.8. The minimum Gasteiger partial charge on any atom is -0.493 e. The number of hydrogen-bond donors (Lipinski definition) is 1. The van der Waals surface area contributed by atoms with Gasteiger partial charge in [-0.05, 0) is 49.1 Å². The molecule has 0 fully saturated rings. The van der Waals surface area contributed by atoms with Crippen LogP contribution in [0.25, 0.3) is 0 Å². The Morgan fingerprint density at radius 1 is 0.929 bits per heavy atom. The van der Waals surface area contributed by atoms with Crippen molar-refractivity contribution in [2.75, 3.05) is 31.3 Å². The number of sulfonamides is 1. The third kappa shape index (κ3) is 8.48. The van der Waals surface area contributed by atoms with Gasteiger partial charge in [-0.25, -0.2) is 8.42 Å². The van der Waals surface area contributed by atoms with Crippen molar-refractivity contribution >= 4 is 27.5 Å². The van der Waals surface area contributed by atoms with E-state index in [1.165, 1.54) is 25.2 Å². The molecule has 0 aliphatic carbocycles. The number of amides is 2. The van der Waals surface area contributed by atoms with Crippen molar-refractivity contribution < 1.29 is 27.5 Å². The first kappa shape index (κ1) is 32.5. The maximum absolute atomic E-state index is 14.2. The third-order valence-electron chi connectivity index (χ3n) is 7.21. The second-order valence-electron chi connectivity index (χ2n) is 10.3. The van der Waals surface area contributed by atoms with Gasteiger partial charge in [-0.2, -0.15) is 0 Å². The second kappa shape index (κ2) is 14.7. The first-order chi connectivity index (χ1) is 20.0. The summed E-state index contributed by atoms with van der Waals surface area (Å²) in [6.07, 6.45) is 2.02. The van der Waals surface area contributed by atoms with Gasteiger partial charge in [0.1, 0.15) is 12.6 Å². The van der Waals surface area contributed by atoms with E-state index in [-0.39, 0.29) is 30.6 Å². The van der Waals surface area contributed by atoms with Gasteiger partial charge >= 0.3 is 0 Å². The number of hydrogen-bond acceptors (Lipinski definition) is 6. The normalized spacial score (nSPS) is 12.6. The summed E-state index contributed by atoms with van der Waals surface area (Å²) in [5.74, 6) is -0.0690. The van der Waals surface area contributed by atoms with E-state index in [1.807, 2.05) is 75.4 Å². The standard InChI is InChI=1S/C32H41N3O6S/c1-7-24(3)33-32(37)28(19-25-14-9-8-10-15-25)34(21-26-16-12-11-13-23(26)2)31(36)22-35(42(6,38)39)27-17-18-29(40-4)30(20-27)41-5/h8-18,20,24,28H,7,19,21-22H2,1-6H3,(H,33,37)/t24-,28-/m0/s1. The summed E-state index contributed by atoms with van der Waals surface area (Å²) in [7, 11) is -0.979.